The minimum Gasteiger partial charge on any atom is -0.438 e. The molecule has 3 aromatic rings. The van der Waals surface area contributed by atoms with E-state index in [0.717, 1.165) is 11.1 Å². The fourth-order valence-electron chi connectivity index (χ4n) is 4.27. The number of fused-ring (bicyclic) bond motifs is 1. The number of nitrogens with two attached hydrogens (primary N) is 2. The van der Waals surface area contributed by atoms with Gasteiger partial charge in [0.2, 0.25) is 5.88 Å². The number of halogens is 3. The van der Waals surface area contributed by atoms with Gasteiger partial charge in [0.1, 0.15) is 11.1 Å². The van der Waals surface area contributed by atoms with Crippen molar-refractivity contribution >= 4 is 39.8 Å². The second-order valence-electron chi connectivity index (χ2n) is 8.38. The number of pyridine rings is 2. The first-order chi connectivity index (χ1) is 16.2. The van der Waals surface area contributed by atoms with Crippen molar-refractivity contribution < 1.29 is 22.4 Å². The van der Waals surface area contributed by atoms with Crippen LogP contribution in [0.25, 0.3) is 16.7 Å². The number of carbonyl (C=O) groups excluding carboxylic acids is 1. The number of nitrogen functional groups attached to an aromatic ring is 1. The van der Waals surface area contributed by atoms with Crippen molar-refractivity contribution in [3.05, 3.63) is 60.1 Å². The number of rotatable bonds is 4. The molecule has 4 heterocycles. The smallest absolute Gasteiger partial charge is 0.393 e. The Morgan fingerprint density at radius 2 is 2.06 bits per heavy atom. The van der Waals surface area contributed by atoms with Crippen molar-refractivity contribution in [1.29, 1.82) is 0 Å². The standard InChI is InChI=1S/C23H21F3N6O2/c24-23(25,26)14-7-15(27)11-32(10-14)17-4-5-29-9-16(17)31-22(33)19-20-18(34-21(19)28)6-13(8-30-20)12-2-1-3-12/h1-6,8-9,14-15H,7,10-11,27-28H2,(H,31,33)/t14-,15+/m1/s1. The van der Waals surface area contributed by atoms with E-state index < -0.39 is 24.0 Å². The Morgan fingerprint density at radius 3 is 2.76 bits per heavy atom. The van der Waals surface area contributed by atoms with Crippen LogP contribution in [0, 0.1) is 5.92 Å². The maximum Gasteiger partial charge on any atom is 0.393 e. The average Bonchev–Trinajstić information content (AvgIpc) is 3.07. The molecule has 0 saturated carbocycles. The Bertz CT molecular complexity index is 1330. The Balaban J connectivity index is 1.43. The van der Waals surface area contributed by atoms with Crippen LogP contribution in [0.1, 0.15) is 22.3 Å². The first-order valence-electron chi connectivity index (χ1n) is 10.6. The van der Waals surface area contributed by atoms with Crippen molar-refractivity contribution in [2.24, 2.45) is 11.7 Å². The summed E-state index contributed by atoms with van der Waals surface area (Å²) in [7, 11) is 0. The van der Waals surface area contributed by atoms with E-state index in [-0.39, 0.29) is 42.2 Å². The molecule has 1 amide bonds. The fourth-order valence-corrected chi connectivity index (χ4v) is 4.27. The number of hydrogen-bond donors (Lipinski definition) is 3. The van der Waals surface area contributed by atoms with Gasteiger partial charge in [-0.2, -0.15) is 13.2 Å². The molecule has 11 heteroatoms. The Labute approximate surface area is 192 Å². The van der Waals surface area contributed by atoms with E-state index >= 15 is 0 Å². The molecule has 1 aliphatic carbocycles. The number of allylic oxidation sites excluding steroid dienone is 4. The van der Waals surface area contributed by atoms with E-state index in [2.05, 4.69) is 15.3 Å². The number of amides is 1. The van der Waals surface area contributed by atoms with Crippen molar-refractivity contribution in [2.45, 2.75) is 18.6 Å². The van der Waals surface area contributed by atoms with Gasteiger partial charge in [0, 0.05) is 37.1 Å². The predicted molar refractivity (Wildman–Crippen MR) is 122 cm³/mol. The lowest BCUT2D eigenvalue weighted by atomic mass is 9.93. The molecule has 0 aromatic carbocycles. The number of nitrogens with zero attached hydrogens (tertiary/aromatic N) is 3. The average molecular weight is 470 g/mol. The lowest BCUT2D eigenvalue weighted by Gasteiger charge is -2.39. The SMILES string of the molecule is Nc1oc2cc(C3=CC=C3)cnc2c1C(=O)Nc1cnccc1N1C[C@@H](N)C[C@@H](C(F)(F)F)C1. The van der Waals surface area contributed by atoms with Crippen LogP contribution in [0.15, 0.2) is 53.4 Å². The van der Waals surface area contributed by atoms with Gasteiger partial charge in [0.15, 0.2) is 5.58 Å². The van der Waals surface area contributed by atoms with Gasteiger partial charge in [-0.3, -0.25) is 14.8 Å². The predicted octanol–water partition coefficient (Wildman–Crippen LogP) is 3.73. The Morgan fingerprint density at radius 1 is 1.26 bits per heavy atom. The maximum atomic E-state index is 13.4. The van der Waals surface area contributed by atoms with Crippen molar-refractivity contribution in [1.82, 2.24) is 9.97 Å². The molecule has 0 unspecified atom stereocenters. The van der Waals surface area contributed by atoms with Gasteiger partial charge in [-0.25, -0.2) is 0 Å². The molecule has 34 heavy (non-hydrogen) atoms. The van der Waals surface area contributed by atoms with Crippen LogP contribution in [0.4, 0.5) is 30.4 Å². The summed E-state index contributed by atoms with van der Waals surface area (Å²) in [6, 6.07) is 2.62. The van der Waals surface area contributed by atoms with E-state index in [0.29, 0.717) is 11.3 Å². The second kappa shape index (κ2) is 8.17. The highest BCUT2D eigenvalue weighted by Gasteiger charge is 2.44. The highest BCUT2D eigenvalue weighted by atomic mass is 19.4. The first-order valence-corrected chi connectivity index (χ1v) is 10.6. The molecule has 0 radical (unpaired) electrons. The van der Waals surface area contributed by atoms with Gasteiger partial charge in [0.05, 0.1) is 23.5 Å². The molecule has 1 saturated heterocycles. The summed E-state index contributed by atoms with van der Waals surface area (Å²) in [4.78, 5) is 23.0. The minimum atomic E-state index is -4.37. The van der Waals surface area contributed by atoms with E-state index in [4.69, 9.17) is 15.9 Å². The zero-order chi connectivity index (χ0) is 24.0. The van der Waals surface area contributed by atoms with Crippen LogP contribution in [-0.4, -0.2) is 41.2 Å². The fraction of sp³-hybridized carbons (Fsp3) is 0.261. The Hall–Kier alpha value is -3.86. The van der Waals surface area contributed by atoms with E-state index in [1.54, 1.807) is 18.3 Å². The van der Waals surface area contributed by atoms with Gasteiger partial charge in [-0.05, 0) is 24.1 Å². The van der Waals surface area contributed by atoms with Crippen LogP contribution < -0.4 is 21.7 Å². The second-order valence-corrected chi connectivity index (χ2v) is 8.38. The summed E-state index contributed by atoms with van der Waals surface area (Å²) < 4.78 is 45.7. The number of nitrogens with one attached hydrogen (secondary N) is 1. The van der Waals surface area contributed by atoms with Crippen LogP contribution in [0.5, 0.6) is 0 Å². The summed E-state index contributed by atoms with van der Waals surface area (Å²) in [6.45, 7) is -0.0552. The van der Waals surface area contributed by atoms with Gasteiger partial charge >= 0.3 is 6.18 Å². The largest absolute Gasteiger partial charge is 0.438 e. The number of alkyl halides is 3. The molecular weight excluding hydrogens is 449 g/mol. The molecular formula is C23H21F3N6O2. The molecule has 8 nitrogen and oxygen atoms in total. The van der Waals surface area contributed by atoms with Gasteiger partial charge in [0.25, 0.3) is 5.91 Å². The lowest BCUT2D eigenvalue weighted by Crippen LogP contribution is -2.51. The van der Waals surface area contributed by atoms with Gasteiger partial charge in [-0.15, -0.1) is 0 Å². The van der Waals surface area contributed by atoms with Gasteiger partial charge < -0.3 is 26.1 Å². The molecule has 5 N–H and O–H groups in total. The summed E-state index contributed by atoms with van der Waals surface area (Å²) >= 11 is 0. The van der Waals surface area contributed by atoms with Crippen LogP contribution in [0.2, 0.25) is 0 Å². The Kier molecular flexibility index (Phi) is 5.28. The summed E-state index contributed by atoms with van der Waals surface area (Å²) in [5.74, 6) is -2.29. The molecule has 176 valence electrons. The zero-order valence-corrected chi connectivity index (χ0v) is 17.8. The number of piperidine rings is 1. The number of aromatic nitrogens is 2. The summed E-state index contributed by atoms with van der Waals surface area (Å²) in [5.41, 5.74) is 15.0. The maximum absolute atomic E-state index is 13.4. The number of carbonyl (C=O) groups is 1. The molecule has 1 fully saturated rings. The number of anilines is 3. The zero-order valence-electron chi connectivity index (χ0n) is 17.8. The van der Waals surface area contributed by atoms with E-state index in [9.17, 15) is 18.0 Å². The first kappa shape index (κ1) is 22.0. The van der Waals surface area contributed by atoms with Crippen LogP contribution in [-0.2, 0) is 0 Å². The summed E-state index contributed by atoms with van der Waals surface area (Å²) in [6.07, 6.45) is 5.65. The number of furan rings is 1. The molecule has 3 aromatic heterocycles. The summed E-state index contributed by atoms with van der Waals surface area (Å²) in [5, 5.41) is 2.70. The third-order valence-electron chi connectivity index (χ3n) is 6.00. The highest BCUT2D eigenvalue weighted by Crippen LogP contribution is 2.37. The molecule has 1 aliphatic heterocycles. The quantitative estimate of drug-likeness (QED) is 0.531. The molecule has 2 atom stereocenters. The topological polar surface area (TPSA) is 123 Å². The van der Waals surface area contributed by atoms with Crippen LogP contribution in [0.3, 0.4) is 0 Å². The van der Waals surface area contributed by atoms with Crippen LogP contribution >= 0.6 is 0 Å². The monoisotopic (exact) mass is 470 g/mol. The number of hydrogen-bond acceptors (Lipinski definition) is 7. The molecule has 5 rings (SSSR count). The van der Waals surface area contributed by atoms with Crippen molar-refractivity contribution in [3.8, 4) is 0 Å². The van der Waals surface area contributed by atoms with Crippen molar-refractivity contribution in [2.75, 3.05) is 29.0 Å². The molecule has 2 aliphatic rings. The highest BCUT2D eigenvalue weighted by molar-refractivity contribution is 6.15. The molecule has 0 spiro atoms. The normalized spacial score (nSPS) is 20.2. The molecule has 0 bridgehead atoms. The van der Waals surface area contributed by atoms with Crippen molar-refractivity contribution in [3.63, 3.8) is 0 Å². The lowest BCUT2D eigenvalue weighted by molar-refractivity contribution is -0.177. The van der Waals surface area contributed by atoms with E-state index in [1.165, 1.54) is 17.3 Å². The van der Waals surface area contributed by atoms with E-state index in [1.807, 2.05) is 18.2 Å². The van der Waals surface area contributed by atoms with Gasteiger partial charge in [-0.1, -0.05) is 18.2 Å². The third kappa shape index (κ3) is 3.98. The minimum absolute atomic E-state index is 0.0398. The third-order valence-corrected chi connectivity index (χ3v) is 6.00.